The Bertz CT molecular complexity index is 333. The van der Waals surface area contributed by atoms with Crippen LogP contribution in [-0.2, 0) is 0 Å². The van der Waals surface area contributed by atoms with E-state index in [1.165, 1.54) is 0 Å². The first-order chi connectivity index (χ1) is 7.04. The standard InChI is InChI=1S/C10H16N2O3/c1-6(2)8(5-13)11-10(14)9-4-7(3)12-15-9/h4,6,8,13H,5H2,1-3H3,(H,11,14). The van der Waals surface area contributed by atoms with E-state index in [1.54, 1.807) is 13.0 Å². The van der Waals surface area contributed by atoms with Gasteiger partial charge in [-0.25, -0.2) is 0 Å². The van der Waals surface area contributed by atoms with Crippen molar-refractivity contribution in [2.24, 2.45) is 5.92 Å². The van der Waals surface area contributed by atoms with Crippen molar-refractivity contribution < 1.29 is 14.4 Å². The van der Waals surface area contributed by atoms with Gasteiger partial charge in [0.15, 0.2) is 0 Å². The summed E-state index contributed by atoms with van der Waals surface area (Å²) in [6.07, 6.45) is 0. The van der Waals surface area contributed by atoms with Gasteiger partial charge in [0.05, 0.1) is 18.3 Å². The molecule has 0 saturated carbocycles. The fourth-order valence-corrected chi connectivity index (χ4v) is 1.13. The second-order valence-corrected chi connectivity index (χ2v) is 3.84. The molecular weight excluding hydrogens is 196 g/mol. The van der Waals surface area contributed by atoms with E-state index in [-0.39, 0.29) is 30.2 Å². The molecule has 2 N–H and O–H groups in total. The highest BCUT2D eigenvalue weighted by molar-refractivity contribution is 5.91. The molecule has 1 atom stereocenters. The Kier molecular flexibility index (Phi) is 3.85. The van der Waals surface area contributed by atoms with Crippen molar-refractivity contribution in [2.75, 3.05) is 6.61 Å². The zero-order chi connectivity index (χ0) is 11.4. The maximum absolute atomic E-state index is 11.6. The highest BCUT2D eigenvalue weighted by atomic mass is 16.5. The average molecular weight is 212 g/mol. The minimum absolute atomic E-state index is 0.0868. The molecule has 5 heteroatoms. The van der Waals surface area contributed by atoms with Gasteiger partial charge in [0.2, 0.25) is 5.76 Å². The number of aromatic nitrogens is 1. The quantitative estimate of drug-likeness (QED) is 0.771. The highest BCUT2D eigenvalue weighted by Gasteiger charge is 2.18. The molecule has 0 aliphatic heterocycles. The molecule has 0 aliphatic rings. The molecule has 1 rings (SSSR count). The third-order valence-corrected chi connectivity index (χ3v) is 2.17. The summed E-state index contributed by atoms with van der Waals surface area (Å²) in [4.78, 5) is 11.6. The molecule has 1 aromatic heterocycles. The Labute approximate surface area is 88.5 Å². The Balaban J connectivity index is 2.62. The number of rotatable bonds is 4. The Hall–Kier alpha value is -1.36. The second-order valence-electron chi connectivity index (χ2n) is 3.84. The number of aliphatic hydroxyl groups excluding tert-OH is 1. The van der Waals surface area contributed by atoms with Gasteiger partial charge in [-0.3, -0.25) is 4.79 Å². The molecule has 0 bridgehead atoms. The lowest BCUT2D eigenvalue weighted by molar-refractivity contribution is 0.0859. The maximum atomic E-state index is 11.6. The molecular formula is C10H16N2O3. The summed E-state index contributed by atoms with van der Waals surface area (Å²) in [5, 5.41) is 15.3. The van der Waals surface area contributed by atoms with Gasteiger partial charge >= 0.3 is 0 Å². The zero-order valence-corrected chi connectivity index (χ0v) is 9.15. The molecule has 0 aliphatic carbocycles. The zero-order valence-electron chi connectivity index (χ0n) is 9.15. The molecule has 0 fully saturated rings. The van der Waals surface area contributed by atoms with E-state index in [4.69, 9.17) is 9.63 Å². The van der Waals surface area contributed by atoms with Crippen molar-refractivity contribution in [1.29, 1.82) is 0 Å². The van der Waals surface area contributed by atoms with Gasteiger partial charge in [-0.15, -0.1) is 0 Å². The summed E-state index contributed by atoms with van der Waals surface area (Å²) < 4.78 is 4.81. The van der Waals surface area contributed by atoms with Crippen LogP contribution in [0.15, 0.2) is 10.6 Å². The van der Waals surface area contributed by atoms with Crippen molar-refractivity contribution >= 4 is 5.91 Å². The van der Waals surface area contributed by atoms with Crippen molar-refractivity contribution in [3.8, 4) is 0 Å². The summed E-state index contributed by atoms with van der Waals surface area (Å²) >= 11 is 0. The third kappa shape index (κ3) is 3.06. The first-order valence-electron chi connectivity index (χ1n) is 4.89. The van der Waals surface area contributed by atoms with Gasteiger partial charge in [0, 0.05) is 6.07 Å². The second kappa shape index (κ2) is 4.93. The first kappa shape index (κ1) is 11.7. The summed E-state index contributed by atoms with van der Waals surface area (Å²) in [5.41, 5.74) is 0.658. The molecule has 15 heavy (non-hydrogen) atoms. The molecule has 0 aromatic carbocycles. The van der Waals surface area contributed by atoms with Crippen LogP contribution in [0.5, 0.6) is 0 Å². The van der Waals surface area contributed by atoms with E-state index >= 15 is 0 Å². The maximum Gasteiger partial charge on any atom is 0.290 e. The van der Waals surface area contributed by atoms with Crippen LogP contribution in [0.4, 0.5) is 0 Å². The van der Waals surface area contributed by atoms with Crippen LogP contribution in [-0.4, -0.2) is 28.8 Å². The Morgan fingerprint density at radius 3 is 2.73 bits per heavy atom. The van der Waals surface area contributed by atoms with Gasteiger partial charge in [0.1, 0.15) is 0 Å². The van der Waals surface area contributed by atoms with Gasteiger partial charge in [-0.1, -0.05) is 19.0 Å². The monoisotopic (exact) mass is 212 g/mol. The van der Waals surface area contributed by atoms with E-state index in [9.17, 15) is 4.79 Å². The number of amides is 1. The van der Waals surface area contributed by atoms with Crippen molar-refractivity contribution in [3.05, 3.63) is 17.5 Å². The van der Waals surface area contributed by atoms with Crippen LogP contribution in [0.3, 0.4) is 0 Å². The van der Waals surface area contributed by atoms with E-state index in [0.29, 0.717) is 5.69 Å². The predicted molar refractivity (Wildman–Crippen MR) is 54.4 cm³/mol. The van der Waals surface area contributed by atoms with Gasteiger partial charge in [-0.05, 0) is 12.8 Å². The molecule has 0 spiro atoms. The average Bonchev–Trinajstić information content (AvgIpc) is 2.60. The number of carbonyl (C=O) groups excluding carboxylic acids is 1. The molecule has 1 unspecified atom stereocenters. The highest BCUT2D eigenvalue weighted by Crippen LogP contribution is 2.05. The normalized spacial score (nSPS) is 12.9. The minimum Gasteiger partial charge on any atom is -0.394 e. The minimum atomic E-state index is -0.344. The molecule has 1 aromatic rings. The summed E-state index contributed by atoms with van der Waals surface area (Å²) in [6.45, 7) is 5.50. The van der Waals surface area contributed by atoms with Crippen molar-refractivity contribution in [3.63, 3.8) is 0 Å². The summed E-state index contributed by atoms with van der Waals surface area (Å²) in [7, 11) is 0. The van der Waals surface area contributed by atoms with Crippen LogP contribution in [0, 0.1) is 12.8 Å². The molecule has 0 radical (unpaired) electrons. The smallest absolute Gasteiger partial charge is 0.290 e. The molecule has 1 amide bonds. The number of hydrogen-bond acceptors (Lipinski definition) is 4. The molecule has 84 valence electrons. The Morgan fingerprint density at radius 1 is 1.67 bits per heavy atom. The van der Waals surface area contributed by atoms with E-state index in [1.807, 2.05) is 13.8 Å². The van der Waals surface area contributed by atoms with Crippen LogP contribution in [0.1, 0.15) is 30.1 Å². The number of nitrogens with zero attached hydrogens (tertiary/aromatic N) is 1. The van der Waals surface area contributed by atoms with E-state index < -0.39 is 0 Å². The van der Waals surface area contributed by atoms with Crippen LogP contribution < -0.4 is 5.32 Å². The number of hydrogen-bond donors (Lipinski definition) is 2. The van der Waals surface area contributed by atoms with Crippen LogP contribution >= 0.6 is 0 Å². The number of aliphatic hydroxyl groups is 1. The largest absolute Gasteiger partial charge is 0.394 e. The van der Waals surface area contributed by atoms with Gasteiger partial charge < -0.3 is 14.9 Å². The van der Waals surface area contributed by atoms with Crippen molar-refractivity contribution in [2.45, 2.75) is 26.8 Å². The van der Waals surface area contributed by atoms with E-state index in [2.05, 4.69) is 10.5 Å². The number of aryl methyl sites for hydroxylation is 1. The molecule has 0 saturated heterocycles. The predicted octanol–water partition coefficient (Wildman–Crippen LogP) is 0.730. The summed E-state index contributed by atoms with van der Waals surface area (Å²) in [5.74, 6) is -0.00193. The SMILES string of the molecule is Cc1cc(C(=O)NC(CO)C(C)C)on1. The fourth-order valence-electron chi connectivity index (χ4n) is 1.13. The van der Waals surface area contributed by atoms with Crippen molar-refractivity contribution in [1.82, 2.24) is 10.5 Å². The number of carbonyl (C=O) groups is 1. The van der Waals surface area contributed by atoms with Gasteiger partial charge in [0.25, 0.3) is 5.91 Å². The third-order valence-electron chi connectivity index (χ3n) is 2.17. The lowest BCUT2D eigenvalue weighted by Crippen LogP contribution is -2.41. The lowest BCUT2D eigenvalue weighted by Gasteiger charge is -2.18. The fraction of sp³-hybridized carbons (Fsp3) is 0.600. The lowest BCUT2D eigenvalue weighted by atomic mass is 10.1. The van der Waals surface area contributed by atoms with Gasteiger partial charge in [-0.2, -0.15) is 0 Å². The first-order valence-corrected chi connectivity index (χ1v) is 4.89. The van der Waals surface area contributed by atoms with Crippen LogP contribution in [0.25, 0.3) is 0 Å². The Morgan fingerprint density at radius 2 is 2.33 bits per heavy atom. The topological polar surface area (TPSA) is 75.4 Å². The molecule has 1 heterocycles. The number of nitrogens with one attached hydrogen (secondary N) is 1. The molecule has 5 nitrogen and oxygen atoms in total. The van der Waals surface area contributed by atoms with E-state index in [0.717, 1.165) is 0 Å². The summed E-state index contributed by atoms with van der Waals surface area (Å²) in [6, 6.07) is 1.30. The van der Waals surface area contributed by atoms with Crippen LogP contribution in [0.2, 0.25) is 0 Å².